The Labute approximate surface area is 126 Å². The van der Waals surface area contributed by atoms with E-state index in [1.54, 1.807) is 13.8 Å². The highest BCUT2D eigenvalue weighted by Crippen LogP contribution is 2.30. The van der Waals surface area contributed by atoms with Gasteiger partial charge in [0, 0.05) is 6.54 Å². The largest absolute Gasteiger partial charge is 0.364 e. The van der Waals surface area contributed by atoms with Crippen LogP contribution in [-0.4, -0.2) is 31.2 Å². The number of aryl methyl sites for hydroxylation is 1. The molecular weight excluding hydrogens is 296 g/mol. The number of nitrogens with zero attached hydrogens (tertiary/aromatic N) is 5. The van der Waals surface area contributed by atoms with E-state index in [4.69, 9.17) is 11.6 Å². The summed E-state index contributed by atoms with van der Waals surface area (Å²) in [5.74, 6) is 0.275. The third-order valence-corrected chi connectivity index (χ3v) is 3.48. The molecule has 0 saturated heterocycles. The first-order chi connectivity index (χ1) is 9.97. The lowest BCUT2D eigenvalue weighted by Crippen LogP contribution is -2.11. The summed E-state index contributed by atoms with van der Waals surface area (Å²) in [6, 6.07) is 0. The number of anilines is 1. The first-order valence-electron chi connectivity index (χ1n) is 6.42. The van der Waals surface area contributed by atoms with Gasteiger partial charge in [0.05, 0.1) is 21.3 Å². The molecule has 2 heterocycles. The summed E-state index contributed by atoms with van der Waals surface area (Å²) in [5.41, 5.74) is 0.968. The summed E-state index contributed by atoms with van der Waals surface area (Å²) in [6.45, 7) is 6.00. The minimum atomic E-state index is -0.516. The van der Waals surface area contributed by atoms with Gasteiger partial charge in [-0.2, -0.15) is 5.10 Å². The number of hydrogen-bond acceptors (Lipinski definition) is 6. The number of hydrogen-bond donors (Lipinski definition) is 1. The topological polar surface area (TPSA) is 98.8 Å². The molecule has 112 valence electrons. The first-order valence-corrected chi connectivity index (χ1v) is 6.80. The Bertz CT molecular complexity index is 685. The van der Waals surface area contributed by atoms with E-state index in [0.717, 1.165) is 6.42 Å². The second-order valence-corrected chi connectivity index (χ2v) is 4.85. The molecule has 0 aliphatic rings. The second-order valence-electron chi connectivity index (χ2n) is 4.47. The molecule has 1 N–H and O–H groups in total. The van der Waals surface area contributed by atoms with Gasteiger partial charge in [0.2, 0.25) is 11.6 Å². The maximum Gasteiger partial charge on any atom is 0.355 e. The molecule has 21 heavy (non-hydrogen) atoms. The zero-order valence-electron chi connectivity index (χ0n) is 11.9. The molecule has 0 aliphatic heterocycles. The van der Waals surface area contributed by atoms with Crippen molar-refractivity contribution in [2.75, 3.05) is 11.9 Å². The summed E-state index contributed by atoms with van der Waals surface area (Å²) in [6.07, 6.45) is 2.09. The summed E-state index contributed by atoms with van der Waals surface area (Å²) in [7, 11) is 0. The summed E-state index contributed by atoms with van der Waals surface area (Å²) in [5, 5.41) is 19.0. The third kappa shape index (κ3) is 2.80. The molecule has 2 rings (SSSR count). The van der Waals surface area contributed by atoms with Gasteiger partial charge in [-0.15, -0.1) is 0 Å². The molecule has 0 atom stereocenters. The number of nitrogens with one attached hydrogen (secondary N) is 1. The fourth-order valence-electron chi connectivity index (χ4n) is 1.90. The molecule has 2 aromatic heterocycles. The van der Waals surface area contributed by atoms with Gasteiger partial charge in [0.15, 0.2) is 0 Å². The molecule has 0 amide bonds. The monoisotopic (exact) mass is 310 g/mol. The van der Waals surface area contributed by atoms with Crippen molar-refractivity contribution in [3.05, 3.63) is 32.9 Å². The molecule has 0 spiro atoms. The number of nitro groups is 1. The Morgan fingerprint density at radius 1 is 1.43 bits per heavy atom. The lowest BCUT2D eigenvalue weighted by atomic mass is 10.3. The molecule has 2 aromatic rings. The molecule has 0 bridgehead atoms. The van der Waals surface area contributed by atoms with Crippen molar-refractivity contribution >= 4 is 23.1 Å². The van der Waals surface area contributed by atoms with Crippen molar-refractivity contribution < 1.29 is 4.92 Å². The van der Waals surface area contributed by atoms with E-state index >= 15 is 0 Å². The summed E-state index contributed by atoms with van der Waals surface area (Å²) in [4.78, 5) is 18.8. The maximum absolute atomic E-state index is 11.4. The molecular formula is C12H15ClN6O2. The van der Waals surface area contributed by atoms with Crippen LogP contribution in [0, 0.1) is 24.0 Å². The van der Waals surface area contributed by atoms with Gasteiger partial charge >= 0.3 is 5.69 Å². The minimum Gasteiger partial charge on any atom is -0.364 e. The van der Waals surface area contributed by atoms with Crippen LogP contribution < -0.4 is 5.32 Å². The van der Waals surface area contributed by atoms with Crippen LogP contribution in [0.3, 0.4) is 0 Å². The molecule has 0 aliphatic carbocycles. The van der Waals surface area contributed by atoms with Crippen LogP contribution in [0.5, 0.6) is 0 Å². The van der Waals surface area contributed by atoms with Crippen LogP contribution in [0.4, 0.5) is 11.5 Å². The smallest absolute Gasteiger partial charge is 0.355 e. The van der Waals surface area contributed by atoms with Gasteiger partial charge < -0.3 is 5.32 Å². The highest BCUT2D eigenvalue weighted by Gasteiger charge is 2.26. The van der Waals surface area contributed by atoms with Crippen LogP contribution in [0.15, 0.2) is 6.33 Å². The Kier molecular flexibility index (Phi) is 4.37. The van der Waals surface area contributed by atoms with Crippen molar-refractivity contribution in [2.45, 2.75) is 27.2 Å². The standard InChI is InChI=1S/C12H15ClN6O2/c1-4-5-14-11-10(19(20)21)12(16-6-15-11)18-8(3)9(13)7(2)17-18/h6H,4-5H2,1-3H3,(H,14,15,16). The van der Waals surface area contributed by atoms with Crippen LogP contribution in [0.2, 0.25) is 5.02 Å². The van der Waals surface area contributed by atoms with Crippen LogP contribution in [0.25, 0.3) is 5.82 Å². The SMILES string of the molecule is CCCNc1ncnc(-n2nc(C)c(Cl)c2C)c1[N+](=O)[O-]. The quantitative estimate of drug-likeness (QED) is 0.673. The third-order valence-electron chi connectivity index (χ3n) is 2.93. The Morgan fingerprint density at radius 3 is 2.67 bits per heavy atom. The first kappa shape index (κ1) is 15.2. The van der Waals surface area contributed by atoms with Crippen molar-refractivity contribution in [3.8, 4) is 5.82 Å². The molecule has 0 fully saturated rings. The van der Waals surface area contributed by atoms with Crippen molar-refractivity contribution in [2.24, 2.45) is 0 Å². The van der Waals surface area contributed by atoms with Gasteiger partial charge in [-0.05, 0) is 20.3 Å². The van der Waals surface area contributed by atoms with E-state index in [9.17, 15) is 10.1 Å². The van der Waals surface area contributed by atoms with Crippen molar-refractivity contribution in [1.29, 1.82) is 0 Å². The zero-order valence-corrected chi connectivity index (χ0v) is 12.7. The maximum atomic E-state index is 11.4. The molecule has 0 unspecified atom stereocenters. The number of rotatable bonds is 5. The van der Waals surface area contributed by atoms with Crippen molar-refractivity contribution in [1.82, 2.24) is 19.7 Å². The molecule has 0 saturated carbocycles. The average molecular weight is 311 g/mol. The predicted molar refractivity (Wildman–Crippen MR) is 79.1 cm³/mol. The molecule has 9 heteroatoms. The fourth-order valence-corrected chi connectivity index (χ4v) is 2.01. The van der Waals surface area contributed by atoms with Crippen LogP contribution in [-0.2, 0) is 0 Å². The Hall–Kier alpha value is -2.22. The highest BCUT2D eigenvalue weighted by atomic mass is 35.5. The Balaban J connectivity index is 2.62. The van der Waals surface area contributed by atoms with E-state index in [0.29, 0.717) is 23.0 Å². The van der Waals surface area contributed by atoms with E-state index in [1.165, 1.54) is 11.0 Å². The van der Waals surface area contributed by atoms with E-state index in [2.05, 4.69) is 20.4 Å². The van der Waals surface area contributed by atoms with E-state index < -0.39 is 4.92 Å². The van der Waals surface area contributed by atoms with Gasteiger partial charge in [-0.3, -0.25) is 10.1 Å². The number of aromatic nitrogens is 4. The van der Waals surface area contributed by atoms with Gasteiger partial charge in [0.25, 0.3) is 0 Å². The fraction of sp³-hybridized carbons (Fsp3) is 0.417. The molecule has 8 nitrogen and oxygen atoms in total. The van der Waals surface area contributed by atoms with Crippen LogP contribution in [0.1, 0.15) is 24.7 Å². The van der Waals surface area contributed by atoms with E-state index in [-0.39, 0.29) is 17.3 Å². The summed E-state index contributed by atoms with van der Waals surface area (Å²) < 4.78 is 1.37. The van der Waals surface area contributed by atoms with Crippen molar-refractivity contribution in [3.63, 3.8) is 0 Å². The molecule has 0 aromatic carbocycles. The Morgan fingerprint density at radius 2 is 2.14 bits per heavy atom. The predicted octanol–water partition coefficient (Wildman–Crippen LogP) is 2.66. The average Bonchev–Trinajstić information content (AvgIpc) is 2.72. The molecule has 0 radical (unpaired) electrons. The second kappa shape index (κ2) is 6.04. The van der Waals surface area contributed by atoms with Gasteiger partial charge in [-0.25, -0.2) is 14.6 Å². The van der Waals surface area contributed by atoms with E-state index in [1.807, 2.05) is 6.92 Å². The lowest BCUT2D eigenvalue weighted by molar-refractivity contribution is -0.384. The van der Waals surface area contributed by atoms with Crippen LogP contribution >= 0.6 is 11.6 Å². The minimum absolute atomic E-state index is 0.0982. The normalized spacial score (nSPS) is 10.7. The highest BCUT2D eigenvalue weighted by molar-refractivity contribution is 6.31. The van der Waals surface area contributed by atoms with Gasteiger partial charge in [-0.1, -0.05) is 18.5 Å². The lowest BCUT2D eigenvalue weighted by Gasteiger charge is -2.08. The summed E-state index contributed by atoms with van der Waals surface area (Å²) >= 11 is 6.09. The zero-order chi connectivity index (χ0) is 15.6. The van der Waals surface area contributed by atoms with Gasteiger partial charge in [0.1, 0.15) is 6.33 Å². The number of halogens is 1.